The minimum atomic E-state index is 0.760. The van der Waals surface area contributed by atoms with Crippen LogP contribution >= 0.6 is 0 Å². The zero-order chi connectivity index (χ0) is 12.2. The van der Waals surface area contributed by atoms with Crippen LogP contribution in [0.5, 0.6) is 0 Å². The van der Waals surface area contributed by atoms with E-state index in [0.717, 1.165) is 24.3 Å². The maximum absolute atomic E-state index is 2.36. The number of fused-ring (bicyclic) bond motifs is 2. The zero-order valence-electron chi connectivity index (χ0n) is 11.7. The highest BCUT2D eigenvalue weighted by Crippen LogP contribution is 2.48. The molecule has 3 aliphatic rings. The second-order valence-electron chi connectivity index (χ2n) is 6.76. The van der Waals surface area contributed by atoms with E-state index in [1.165, 1.54) is 38.4 Å². The van der Waals surface area contributed by atoms with Gasteiger partial charge in [0, 0.05) is 0 Å². The highest BCUT2D eigenvalue weighted by atomic mass is 14.2. The fourth-order valence-electron chi connectivity index (χ4n) is 4.72. The molecule has 2 bridgehead atoms. The van der Waals surface area contributed by atoms with E-state index in [-0.39, 0.29) is 0 Å². The molecule has 3 rings (SSSR count). The lowest BCUT2D eigenvalue weighted by Crippen LogP contribution is -2.34. The summed E-state index contributed by atoms with van der Waals surface area (Å²) in [5.41, 5.74) is 0. The van der Waals surface area contributed by atoms with E-state index < -0.39 is 0 Å². The summed E-state index contributed by atoms with van der Waals surface area (Å²) in [6, 6.07) is 0. The van der Waals surface area contributed by atoms with Crippen LogP contribution in [-0.4, -0.2) is 6.71 Å². The van der Waals surface area contributed by atoms with Crippen LogP contribution in [0.1, 0.15) is 57.8 Å². The van der Waals surface area contributed by atoms with Crippen LogP contribution in [0.2, 0.25) is 18.0 Å². The zero-order valence-corrected chi connectivity index (χ0v) is 11.7. The summed E-state index contributed by atoms with van der Waals surface area (Å²) in [5, 5.41) is 0. The maximum Gasteiger partial charge on any atom is 0.146 e. The standard InChI is InChI=1S/C17H27B/c1-2-8-15(7-1)9-3-4-14-18-16-10-5-11-17(18)13-6-12-16/h1-2,7-8,15-17H,3-6,9-14H2. The van der Waals surface area contributed by atoms with Gasteiger partial charge < -0.3 is 0 Å². The molecule has 1 aliphatic carbocycles. The Morgan fingerprint density at radius 3 is 2.06 bits per heavy atom. The molecular formula is C17H27B. The quantitative estimate of drug-likeness (QED) is 0.441. The smallest absolute Gasteiger partial charge is 0.0776 e. The second kappa shape index (κ2) is 6.13. The number of hydrogen-bond acceptors (Lipinski definition) is 0. The van der Waals surface area contributed by atoms with Gasteiger partial charge in [-0.05, 0) is 12.3 Å². The molecule has 1 heteroatoms. The molecule has 18 heavy (non-hydrogen) atoms. The summed E-state index contributed by atoms with van der Waals surface area (Å²) in [7, 11) is 0. The topological polar surface area (TPSA) is 0 Å². The Morgan fingerprint density at radius 1 is 0.833 bits per heavy atom. The molecular weight excluding hydrogens is 215 g/mol. The van der Waals surface area contributed by atoms with E-state index in [0.29, 0.717) is 0 Å². The number of allylic oxidation sites excluding steroid dienone is 4. The van der Waals surface area contributed by atoms with Crippen molar-refractivity contribution in [3.8, 4) is 0 Å². The monoisotopic (exact) mass is 242 g/mol. The first-order valence-corrected chi connectivity index (χ1v) is 8.28. The van der Waals surface area contributed by atoms with Gasteiger partial charge in [-0.2, -0.15) is 0 Å². The molecule has 0 aromatic heterocycles. The molecule has 0 nitrogen and oxygen atoms in total. The third kappa shape index (κ3) is 2.92. The van der Waals surface area contributed by atoms with Gasteiger partial charge in [0.15, 0.2) is 0 Å². The van der Waals surface area contributed by atoms with E-state index >= 15 is 0 Å². The van der Waals surface area contributed by atoms with E-state index in [9.17, 15) is 0 Å². The van der Waals surface area contributed by atoms with E-state index in [1.807, 2.05) is 0 Å². The van der Waals surface area contributed by atoms with Crippen molar-refractivity contribution in [1.29, 1.82) is 0 Å². The van der Waals surface area contributed by atoms with Gasteiger partial charge in [0.2, 0.25) is 0 Å². The molecule has 2 fully saturated rings. The van der Waals surface area contributed by atoms with Gasteiger partial charge in [-0.25, -0.2) is 0 Å². The van der Waals surface area contributed by atoms with E-state index in [2.05, 4.69) is 24.3 Å². The molecule has 0 radical (unpaired) electrons. The van der Waals surface area contributed by atoms with Crippen molar-refractivity contribution in [2.24, 2.45) is 5.92 Å². The lowest BCUT2D eigenvalue weighted by Gasteiger charge is -2.40. The number of rotatable bonds is 5. The van der Waals surface area contributed by atoms with Gasteiger partial charge in [0.1, 0.15) is 6.71 Å². The van der Waals surface area contributed by atoms with Crippen LogP contribution in [0.25, 0.3) is 0 Å². The highest BCUT2D eigenvalue weighted by Gasteiger charge is 2.38. The van der Waals surface area contributed by atoms with Crippen LogP contribution in [0.3, 0.4) is 0 Å². The first-order valence-electron chi connectivity index (χ1n) is 8.28. The summed E-state index contributed by atoms with van der Waals surface area (Å²) in [4.78, 5) is 0. The summed E-state index contributed by atoms with van der Waals surface area (Å²) < 4.78 is 0. The molecule has 0 N–H and O–H groups in total. The Labute approximate surface area is 113 Å². The van der Waals surface area contributed by atoms with Crippen molar-refractivity contribution in [1.82, 2.24) is 0 Å². The van der Waals surface area contributed by atoms with Gasteiger partial charge in [-0.1, -0.05) is 93.6 Å². The predicted octanol–water partition coefficient (Wildman–Crippen LogP) is 5.50. The van der Waals surface area contributed by atoms with Gasteiger partial charge in [0.05, 0.1) is 0 Å². The van der Waals surface area contributed by atoms with Gasteiger partial charge >= 0.3 is 0 Å². The third-order valence-electron chi connectivity index (χ3n) is 5.66. The van der Waals surface area contributed by atoms with Crippen molar-refractivity contribution in [3.63, 3.8) is 0 Å². The fourth-order valence-corrected chi connectivity index (χ4v) is 4.72. The molecule has 0 aromatic carbocycles. The second-order valence-corrected chi connectivity index (χ2v) is 6.76. The molecule has 2 heterocycles. The minimum Gasteiger partial charge on any atom is -0.0776 e. The molecule has 0 amide bonds. The molecule has 0 aromatic rings. The van der Waals surface area contributed by atoms with Crippen molar-refractivity contribution >= 4 is 6.71 Å². The Hall–Kier alpha value is -0.455. The van der Waals surface area contributed by atoms with Crippen LogP contribution in [-0.2, 0) is 0 Å². The highest BCUT2D eigenvalue weighted by molar-refractivity contribution is 6.62. The fraction of sp³-hybridized carbons (Fsp3) is 0.765. The molecule has 98 valence electrons. The maximum atomic E-state index is 2.36. The molecule has 2 saturated heterocycles. The van der Waals surface area contributed by atoms with Gasteiger partial charge in [0.25, 0.3) is 0 Å². The number of hydrogen-bond donors (Lipinski definition) is 0. The molecule has 0 atom stereocenters. The predicted molar refractivity (Wildman–Crippen MR) is 81.4 cm³/mol. The van der Waals surface area contributed by atoms with E-state index in [1.54, 1.807) is 25.7 Å². The lowest BCUT2D eigenvalue weighted by molar-refractivity contribution is 0.439. The average molecular weight is 242 g/mol. The Bertz CT molecular complexity index is 284. The first-order chi connectivity index (χ1) is 8.93. The minimum absolute atomic E-state index is 0.760. The summed E-state index contributed by atoms with van der Waals surface area (Å²) in [6.07, 6.45) is 24.2. The lowest BCUT2D eigenvalue weighted by atomic mass is 9.26. The summed E-state index contributed by atoms with van der Waals surface area (Å²) in [5.74, 6) is 2.99. The first kappa shape index (κ1) is 12.6. The van der Waals surface area contributed by atoms with Crippen LogP contribution < -0.4 is 0 Å². The SMILES string of the molecule is C1=CC(CCCCB2C3CCCC2CCC3)C=C1. The normalized spacial score (nSPS) is 31.2. The largest absolute Gasteiger partial charge is 0.146 e. The van der Waals surface area contributed by atoms with Crippen LogP contribution in [0, 0.1) is 5.92 Å². The third-order valence-corrected chi connectivity index (χ3v) is 5.66. The summed E-state index contributed by atoms with van der Waals surface area (Å²) >= 11 is 0. The Kier molecular flexibility index (Phi) is 4.28. The molecule has 0 saturated carbocycles. The van der Waals surface area contributed by atoms with Crippen molar-refractivity contribution in [3.05, 3.63) is 24.3 Å². The van der Waals surface area contributed by atoms with Crippen molar-refractivity contribution in [2.75, 3.05) is 0 Å². The van der Waals surface area contributed by atoms with Crippen LogP contribution in [0.4, 0.5) is 0 Å². The summed E-state index contributed by atoms with van der Waals surface area (Å²) in [6.45, 7) is 1.11. The van der Waals surface area contributed by atoms with Crippen molar-refractivity contribution in [2.45, 2.75) is 75.7 Å². The van der Waals surface area contributed by atoms with Crippen LogP contribution in [0.15, 0.2) is 24.3 Å². The van der Waals surface area contributed by atoms with Gasteiger partial charge in [-0.3, -0.25) is 0 Å². The Balaban J connectivity index is 1.39. The van der Waals surface area contributed by atoms with E-state index in [4.69, 9.17) is 0 Å². The molecule has 0 unspecified atom stereocenters. The molecule has 2 aliphatic heterocycles. The average Bonchev–Trinajstić information content (AvgIpc) is 2.87. The molecule has 0 spiro atoms. The van der Waals surface area contributed by atoms with Gasteiger partial charge in [-0.15, -0.1) is 0 Å². The van der Waals surface area contributed by atoms with Crippen molar-refractivity contribution < 1.29 is 0 Å². The Morgan fingerprint density at radius 2 is 1.44 bits per heavy atom. The number of unbranched alkanes of at least 4 members (excludes halogenated alkanes) is 1.